The lowest BCUT2D eigenvalue weighted by Crippen LogP contribution is -2.14. The second-order valence-corrected chi connectivity index (χ2v) is 5.49. The molecule has 0 radical (unpaired) electrons. The summed E-state index contributed by atoms with van der Waals surface area (Å²) in [5.41, 5.74) is 1.85. The monoisotopic (exact) mass is 297 g/mol. The summed E-state index contributed by atoms with van der Waals surface area (Å²) in [7, 11) is 0. The predicted molar refractivity (Wildman–Crippen MR) is 75.8 cm³/mol. The van der Waals surface area contributed by atoms with Gasteiger partial charge in [0, 0.05) is 37.6 Å². The Balaban J connectivity index is 1.76. The fourth-order valence-corrected chi connectivity index (χ4v) is 2.05. The number of nitrogens with one attached hydrogen (secondary N) is 1. The first-order valence-corrected chi connectivity index (χ1v) is 7.05. The predicted octanol–water partition coefficient (Wildman–Crippen LogP) is 2.29. The van der Waals surface area contributed by atoms with Crippen molar-refractivity contribution < 1.29 is 8.78 Å². The molecule has 0 saturated heterocycles. The molecule has 2 heterocycles. The van der Waals surface area contributed by atoms with Crippen molar-refractivity contribution in [2.75, 3.05) is 0 Å². The van der Waals surface area contributed by atoms with Crippen LogP contribution in [0, 0.1) is 5.92 Å². The average Bonchev–Trinajstić information content (AvgIpc) is 2.98. The second-order valence-electron chi connectivity index (χ2n) is 5.49. The topological polar surface area (TPSA) is 47.7 Å². The Morgan fingerprint density at radius 1 is 1.19 bits per heavy atom. The second kappa shape index (κ2) is 7.31. The molecule has 0 unspecified atom stereocenters. The molecular weight excluding hydrogens is 276 g/mol. The number of halogens is 2. The van der Waals surface area contributed by atoms with Crippen molar-refractivity contribution in [2.24, 2.45) is 5.92 Å². The smallest absolute Gasteiger partial charge is 0.257 e. The SMILES string of the molecule is CC(C)Cn1cc(CNCc2ccn(CC(F)F)n2)cn1. The van der Waals surface area contributed by atoms with E-state index < -0.39 is 6.43 Å². The van der Waals surface area contributed by atoms with E-state index in [0.717, 1.165) is 17.8 Å². The van der Waals surface area contributed by atoms with Crippen LogP contribution in [0.2, 0.25) is 0 Å². The Bertz CT molecular complexity index is 499. The van der Waals surface area contributed by atoms with E-state index >= 15 is 0 Å². The van der Waals surface area contributed by atoms with Crippen LogP contribution in [0.25, 0.3) is 0 Å². The van der Waals surface area contributed by atoms with E-state index in [-0.39, 0.29) is 6.54 Å². The molecule has 1 N–H and O–H groups in total. The van der Waals surface area contributed by atoms with Crippen molar-refractivity contribution in [1.82, 2.24) is 24.9 Å². The van der Waals surface area contributed by atoms with Crippen LogP contribution in [0.5, 0.6) is 0 Å². The quantitative estimate of drug-likeness (QED) is 0.813. The zero-order valence-corrected chi connectivity index (χ0v) is 12.3. The molecule has 5 nitrogen and oxygen atoms in total. The molecule has 2 rings (SSSR count). The van der Waals surface area contributed by atoms with Gasteiger partial charge in [0.25, 0.3) is 6.43 Å². The van der Waals surface area contributed by atoms with Crippen LogP contribution in [-0.2, 0) is 26.2 Å². The van der Waals surface area contributed by atoms with Gasteiger partial charge >= 0.3 is 0 Å². The number of alkyl halides is 2. The molecule has 0 spiro atoms. The molecule has 116 valence electrons. The van der Waals surface area contributed by atoms with Crippen molar-refractivity contribution in [3.8, 4) is 0 Å². The van der Waals surface area contributed by atoms with Crippen molar-refractivity contribution in [1.29, 1.82) is 0 Å². The molecule has 0 aromatic carbocycles. The number of rotatable bonds is 8. The van der Waals surface area contributed by atoms with Crippen LogP contribution in [0.3, 0.4) is 0 Å². The minimum Gasteiger partial charge on any atom is -0.307 e. The van der Waals surface area contributed by atoms with Crippen LogP contribution in [-0.4, -0.2) is 26.0 Å². The van der Waals surface area contributed by atoms with Gasteiger partial charge in [0.2, 0.25) is 0 Å². The number of hydrogen-bond donors (Lipinski definition) is 1. The van der Waals surface area contributed by atoms with Crippen molar-refractivity contribution in [3.05, 3.63) is 35.9 Å². The van der Waals surface area contributed by atoms with Crippen molar-refractivity contribution >= 4 is 0 Å². The Hall–Kier alpha value is -1.76. The van der Waals surface area contributed by atoms with Crippen LogP contribution in [0.1, 0.15) is 25.1 Å². The van der Waals surface area contributed by atoms with E-state index in [0.29, 0.717) is 19.0 Å². The largest absolute Gasteiger partial charge is 0.307 e. The third-order valence-corrected chi connectivity index (χ3v) is 2.90. The average molecular weight is 297 g/mol. The fraction of sp³-hybridized carbons (Fsp3) is 0.571. The maximum absolute atomic E-state index is 12.2. The summed E-state index contributed by atoms with van der Waals surface area (Å²) < 4.78 is 27.6. The molecule has 0 amide bonds. The van der Waals surface area contributed by atoms with Crippen LogP contribution < -0.4 is 5.32 Å². The third-order valence-electron chi connectivity index (χ3n) is 2.90. The van der Waals surface area contributed by atoms with Gasteiger partial charge in [-0.1, -0.05) is 13.8 Å². The van der Waals surface area contributed by atoms with Crippen LogP contribution in [0.4, 0.5) is 8.78 Å². The molecule has 21 heavy (non-hydrogen) atoms. The number of aromatic nitrogens is 4. The minimum absolute atomic E-state index is 0.359. The normalized spacial score (nSPS) is 11.7. The van der Waals surface area contributed by atoms with Crippen LogP contribution in [0.15, 0.2) is 24.7 Å². The molecule has 0 saturated carbocycles. The molecule has 0 fully saturated rings. The van der Waals surface area contributed by atoms with E-state index in [2.05, 4.69) is 29.4 Å². The van der Waals surface area contributed by atoms with Gasteiger partial charge in [-0.05, 0) is 12.0 Å². The first kappa shape index (κ1) is 15.6. The maximum Gasteiger partial charge on any atom is 0.257 e. The van der Waals surface area contributed by atoms with E-state index in [1.807, 2.05) is 17.1 Å². The van der Waals surface area contributed by atoms with Crippen LogP contribution >= 0.6 is 0 Å². The molecule has 0 aliphatic rings. The highest BCUT2D eigenvalue weighted by atomic mass is 19.3. The summed E-state index contributed by atoms with van der Waals surface area (Å²) >= 11 is 0. The van der Waals surface area contributed by atoms with Gasteiger partial charge in [0.1, 0.15) is 6.54 Å². The van der Waals surface area contributed by atoms with E-state index in [4.69, 9.17) is 0 Å². The molecule has 7 heteroatoms. The van der Waals surface area contributed by atoms with Gasteiger partial charge < -0.3 is 5.32 Å². The summed E-state index contributed by atoms with van der Waals surface area (Å²) in [6.45, 7) is 6.07. The summed E-state index contributed by atoms with van der Waals surface area (Å²) in [5.74, 6) is 0.560. The molecule has 0 aliphatic carbocycles. The third kappa shape index (κ3) is 5.26. The van der Waals surface area contributed by atoms with E-state index in [1.54, 1.807) is 12.3 Å². The molecule has 2 aromatic heterocycles. The summed E-state index contributed by atoms with van der Waals surface area (Å²) in [6, 6.07) is 1.75. The highest BCUT2D eigenvalue weighted by molar-refractivity contribution is 5.04. The molecule has 2 aromatic rings. The maximum atomic E-state index is 12.2. The lowest BCUT2D eigenvalue weighted by Gasteiger charge is -2.03. The van der Waals surface area contributed by atoms with Gasteiger partial charge in [0.15, 0.2) is 0 Å². The summed E-state index contributed by atoms with van der Waals surface area (Å²) in [6.07, 6.45) is 3.05. The van der Waals surface area contributed by atoms with E-state index in [9.17, 15) is 8.78 Å². The highest BCUT2D eigenvalue weighted by Crippen LogP contribution is 2.03. The van der Waals surface area contributed by atoms with Crippen molar-refractivity contribution in [2.45, 2.75) is 46.5 Å². The van der Waals surface area contributed by atoms with Gasteiger partial charge in [-0.3, -0.25) is 9.36 Å². The Labute approximate surface area is 123 Å². The zero-order valence-electron chi connectivity index (χ0n) is 12.3. The number of nitrogens with zero attached hydrogens (tertiary/aromatic N) is 4. The Morgan fingerprint density at radius 2 is 2.00 bits per heavy atom. The number of hydrogen-bond acceptors (Lipinski definition) is 3. The van der Waals surface area contributed by atoms with Gasteiger partial charge in [-0.15, -0.1) is 0 Å². The molecule has 0 bridgehead atoms. The minimum atomic E-state index is -2.38. The summed E-state index contributed by atoms with van der Waals surface area (Å²) in [5, 5.41) is 11.6. The van der Waals surface area contributed by atoms with Gasteiger partial charge in [-0.25, -0.2) is 8.78 Å². The Morgan fingerprint density at radius 3 is 2.71 bits per heavy atom. The first-order chi connectivity index (χ1) is 10.0. The zero-order chi connectivity index (χ0) is 15.2. The lowest BCUT2D eigenvalue weighted by atomic mass is 10.2. The highest BCUT2D eigenvalue weighted by Gasteiger charge is 2.06. The van der Waals surface area contributed by atoms with Gasteiger partial charge in [-0.2, -0.15) is 10.2 Å². The van der Waals surface area contributed by atoms with Gasteiger partial charge in [0.05, 0.1) is 11.9 Å². The first-order valence-electron chi connectivity index (χ1n) is 7.05. The molecule has 0 aliphatic heterocycles. The lowest BCUT2D eigenvalue weighted by molar-refractivity contribution is 0.121. The standard InChI is InChI=1S/C14H21F2N5/c1-11(2)8-21-9-12(6-18-21)5-17-7-13-3-4-20(19-13)10-14(15)16/h3-4,6,9,11,14,17H,5,7-8,10H2,1-2H3. The molecule has 0 atom stereocenters. The molecular formula is C14H21F2N5. The summed E-state index contributed by atoms with van der Waals surface area (Å²) in [4.78, 5) is 0. The Kier molecular flexibility index (Phi) is 5.44. The fourth-order valence-electron chi connectivity index (χ4n) is 2.05. The van der Waals surface area contributed by atoms with E-state index in [1.165, 1.54) is 4.68 Å². The van der Waals surface area contributed by atoms with Crippen molar-refractivity contribution in [3.63, 3.8) is 0 Å².